The van der Waals surface area contributed by atoms with E-state index in [4.69, 9.17) is 14.2 Å². The topological polar surface area (TPSA) is 67.4 Å². The fourth-order valence-electron chi connectivity index (χ4n) is 2.64. The Morgan fingerprint density at radius 1 is 1.04 bits per heavy atom. The second-order valence-electron chi connectivity index (χ2n) is 6.29. The van der Waals surface area contributed by atoms with Gasteiger partial charge in [-0.3, -0.25) is 4.99 Å². The van der Waals surface area contributed by atoms with Crippen molar-refractivity contribution in [2.24, 2.45) is 4.99 Å². The van der Waals surface area contributed by atoms with E-state index >= 15 is 0 Å². The number of benzene rings is 1. The van der Waals surface area contributed by atoms with Gasteiger partial charge in [0.1, 0.15) is 12.4 Å². The fraction of sp³-hybridized carbons (Fsp3) is 0.667. The lowest BCUT2D eigenvalue weighted by molar-refractivity contribution is 0.0698. The highest BCUT2D eigenvalue weighted by Gasteiger charge is 2.06. The molecule has 0 saturated carbocycles. The van der Waals surface area contributed by atoms with Gasteiger partial charge >= 0.3 is 0 Å². The van der Waals surface area contributed by atoms with Crippen LogP contribution in [0.25, 0.3) is 0 Å². The fourth-order valence-corrected chi connectivity index (χ4v) is 2.64. The first-order valence-electron chi connectivity index (χ1n) is 10.2. The zero-order valence-corrected chi connectivity index (χ0v) is 18.0. The van der Waals surface area contributed by atoms with E-state index in [2.05, 4.69) is 40.4 Å². The van der Waals surface area contributed by atoms with Crippen molar-refractivity contribution in [1.29, 1.82) is 0 Å². The van der Waals surface area contributed by atoms with Crippen LogP contribution >= 0.6 is 0 Å². The minimum atomic E-state index is 0.632. The molecule has 0 aliphatic rings. The van der Waals surface area contributed by atoms with Gasteiger partial charge < -0.3 is 29.7 Å². The van der Waals surface area contributed by atoms with E-state index in [1.807, 2.05) is 18.2 Å². The third-order valence-electron chi connectivity index (χ3n) is 4.39. The molecule has 0 fully saturated rings. The number of likely N-dealkylation sites (N-methyl/N-ethyl adjacent to an activating group) is 1. The van der Waals surface area contributed by atoms with Gasteiger partial charge in [-0.05, 0) is 25.6 Å². The molecule has 0 aliphatic heterocycles. The van der Waals surface area contributed by atoms with Crippen LogP contribution in [0, 0.1) is 0 Å². The van der Waals surface area contributed by atoms with Gasteiger partial charge in [0.05, 0.1) is 13.2 Å². The number of rotatable bonds is 15. The number of ether oxygens (including phenoxy) is 3. The minimum Gasteiger partial charge on any atom is -0.492 e. The first-order chi connectivity index (χ1) is 13.7. The Bertz CT molecular complexity index is 536. The Labute approximate surface area is 170 Å². The van der Waals surface area contributed by atoms with Crippen LogP contribution in [-0.4, -0.2) is 77.6 Å². The van der Waals surface area contributed by atoms with Crippen LogP contribution in [0.15, 0.2) is 29.3 Å². The van der Waals surface area contributed by atoms with Gasteiger partial charge in [-0.1, -0.05) is 32.0 Å². The molecule has 0 heterocycles. The molecule has 160 valence electrons. The number of para-hydroxylation sites is 1. The lowest BCUT2D eigenvalue weighted by Gasteiger charge is -2.19. The van der Waals surface area contributed by atoms with Gasteiger partial charge in [-0.2, -0.15) is 0 Å². The molecule has 0 atom stereocenters. The van der Waals surface area contributed by atoms with Crippen molar-refractivity contribution >= 4 is 5.96 Å². The summed E-state index contributed by atoms with van der Waals surface area (Å²) < 4.78 is 16.4. The van der Waals surface area contributed by atoms with Crippen molar-refractivity contribution in [3.8, 4) is 5.75 Å². The predicted octanol–water partition coefficient (Wildman–Crippen LogP) is 2.13. The number of nitrogens with one attached hydrogen (secondary N) is 2. The van der Waals surface area contributed by atoms with Crippen LogP contribution in [0.4, 0.5) is 0 Å². The number of aliphatic imine (C=N–C) groups is 1. The van der Waals surface area contributed by atoms with E-state index in [1.165, 1.54) is 0 Å². The molecule has 7 heteroatoms. The van der Waals surface area contributed by atoms with Crippen molar-refractivity contribution < 1.29 is 14.2 Å². The number of nitrogens with zero attached hydrogens (tertiary/aromatic N) is 2. The Kier molecular flexibility index (Phi) is 14.0. The van der Waals surface area contributed by atoms with E-state index in [9.17, 15) is 0 Å². The summed E-state index contributed by atoms with van der Waals surface area (Å²) in [4.78, 5) is 6.63. The van der Waals surface area contributed by atoms with E-state index < -0.39 is 0 Å². The van der Waals surface area contributed by atoms with Gasteiger partial charge in [0.25, 0.3) is 0 Å². The number of guanidine groups is 1. The molecule has 0 aromatic heterocycles. The van der Waals surface area contributed by atoms with Crippen LogP contribution in [-0.2, 0) is 16.0 Å². The lowest BCUT2D eigenvalue weighted by Crippen LogP contribution is -2.37. The van der Waals surface area contributed by atoms with Crippen molar-refractivity contribution in [2.75, 3.05) is 66.8 Å². The van der Waals surface area contributed by atoms with Crippen LogP contribution in [0.2, 0.25) is 0 Å². The number of hydrogen-bond donors (Lipinski definition) is 2. The molecule has 0 unspecified atom stereocenters. The molecule has 28 heavy (non-hydrogen) atoms. The number of hydrogen-bond acceptors (Lipinski definition) is 5. The second kappa shape index (κ2) is 16.2. The normalized spacial score (nSPS) is 11.7. The second-order valence-corrected chi connectivity index (χ2v) is 6.29. The monoisotopic (exact) mass is 394 g/mol. The molecule has 7 nitrogen and oxygen atoms in total. The number of methoxy groups -OCH3 is 1. The molecule has 0 saturated heterocycles. The van der Waals surface area contributed by atoms with Crippen molar-refractivity contribution in [3.63, 3.8) is 0 Å². The summed E-state index contributed by atoms with van der Waals surface area (Å²) >= 11 is 0. The van der Waals surface area contributed by atoms with E-state index in [0.717, 1.165) is 49.9 Å². The summed E-state index contributed by atoms with van der Waals surface area (Å²) in [6.45, 7) is 11.5. The van der Waals surface area contributed by atoms with Crippen LogP contribution in [0.1, 0.15) is 25.8 Å². The van der Waals surface area contributed by atoms with Crippen LogP contribution in [0.3, 0.4) is 0 Å². The average Bonchev–Trinajstić information content (AvgIpc) is 2.73. The molecule has 0 spiro atoms. The molecular weight excluding hydrogens is 356 g/mol. The van der Waals surface area contributed by atoms with Crippen molar-refractivity contribution in [1.82, 2.24) is 15.5 Å². The minimum absolute atomic E-state index is 0.632. The van der Waals surface area contributed by atoms with Gasteiger partial charge in [0.15, 0.2) is 5.96 Å². The molecule has 2 N–H and O–H groups in total. The molecule has 1 aromatic rings. The maximum atomic E-state index is 6.01. The van der Waals surface area contributed by atoms with E-state index in [0.29, 0.717) is 33.0 Å². The molecule has 0 amide bonds. The third kappa shape index (κ3) is 10.5. The summed E-state index contributed by atoms with van der Waals surface area (Å²) in [7, 11) is 3.45. The Balaban J connectivity index is 2.35. The maximum Gasteiger partial charge on any atom is 0.191 e. The Morgan fingerprint density at radius 2 is 1.82 bits per heavy atom. The average molecular weight is 395 g/mol. The third-order valence-corrected chi connectivity index (χ3v) is 4.39. The quantitative estimate of drug-likeness (QED) is 0.270. The zero-order valence-electron chi connectivity index (χ0n) is 18.0. The first-order valence-corrected chi connectivity index (χ1v) is 10.2. The van der Waals surface area contributed by atoms with Crippen LogP contribution < -0.4 is 15.4 Å². The van der Waals surface area contributed by atoms with Gasteiger partial charge in [0, 0.05) is 46.0 Å². The van der Waals surface area contributed by atoms with Crippen molar-refractivity contribution in [3.05, 3.63) is 29.8 Å². The first kappa shape index (κ1) is 24.2. The summed E-state index contributed by atoms with van der Waals surface area (Å²) in [6, 6.07) is 8.14. The summed E-state index contributed by atoms with van der Waals surface area (Å²) in [5.74, 6) is 1.69. The highest BCUT2D eigenvalue weighted by atomic mass is 16.5. The zero-order chi connectivity index (χ0) is 20.5. The highest BCUT2D eigenvalue weighted by Crippen LogP contribution is 2.17. The summed E-state index contributed by atoms with van der Waals surface area (Å²) in [5, 5.41) is 6.65. The van der Waals surface area contributed by atoms with E-state index in [-0.39, 0.29) is 0 Å². The summed E-state index contributed by atoms with van der Waals surface area (Å²) in [5.41, 5.74) is 1.12. The van der Waals surface area contributed by atoms with Gasteiger partial charge in [0.2, 0.25) is 0 Å². The maximum absolute atomic E-state index is 6.01. The Morgan fingerprint density at radius 3 is 2.54 bits per heavy atom. The smallest absolute Gasteiger partial charge is 0.191 e. The lowest BCUT2D eigenvalue weighted by atomic mass is 10.2. The molecule has 0 bridgehead atoms. The van der Waals surface area contributed by atoms with Crippen LogP contribution in [0.5, 0.6) is 5.75 Å². The van der Waals surface area contributed by atoms with Gasteiger partial charge in [-0.15, -0.1) is 0 Å². The largest absolute Gasteiger partial charge is 0.492 e. The van der Waals surface area contributed by atoms with E-state index in [1.54, 1.807) is 14.2 Å². The summed E-state index contributed by atoms with van der Waals surface area (Å²) in [6.07, 6.45) is 0.912. The molecule has 1 aromatic carbocycles. The molecule has 1 rings (SSSR count). The predicted molar refractivity (Wildman–Crippen MR) is 115 cm³/mol. The SMILES string of the molecule is CCN(CC)CCOc1ccccc1CNC(=NC)NCCCOCCOC. The molecule has 0 aliphatic carbocycles. The van der Waals surface area contributed by atoms with Gasteiger partial charge in [-0.25, -0.2) is 0 Å². The standard InChI is InChI=1S/C21H38N4O3/c1-5-25(6-2)13-15-28-20-11-8-7-10-19(20)18-24-21(22-3)23-12-9-14-27-17-16-26-4/h7-8,10-11H,5-6,9,12-18H2,1-4H3,(H2,22,23,24). The van der Waals surface area contributed by atoms with Crippen molar-refractivity contribution in [2.45, 2.75) is 26.8 Å². The highest BCUT2D eigenvalue weighted by molar-refractivity contribution is 5.79. The Hall–Kier alpha value is -1.83. The molecular formula is C21H38N4O3. The molecule has 0 radical (unpaired) electrons.